The molecule has 0 amide bonds. The van der Waals surface area contributed by atoms with Crippen LogP contribution >= 0.6 is 22.6 Å². The number of hydrogen-bond donors (Lipinski definition) is 1. The molecule has 0 bridgehead atoms. The van der Waals surface area contributed by atoms with Gasteiger partial charge in [0.15, 0.2) is 0 Å². The predicted molar refractivity (Wildman–Crippen MR) is 82.2 cm³/mol. The van der Waals surface area contributed by atoms with Crippen LogP contribution in [-0.4, -0.2) is 0 Å². The molecule has 94 valence electrons. The molecule has 1 atom stereocenters. The Balaban J connectivity index is 2.23. The Morgan fingerprint density at radius 3 is 2.61 bits per heavy atom. The van der Waals surface area contributed by atoms with E-state index in [1.807, 2.05) is 24.3 Å². The summed E-state index contributed by atoms with van der Waals surface area (Å²) in [6.07, 6.45) is 0.911. The highest BCUT2D eigenvalue weighted by atomic mass is 127. The van der Waals surface area contributed by atoms with Gasteiger partial charge in [-0.05, 0) is 58.8 Å². The molecule has 1 nitrogen and oxygen atoms in total. The van der Waals surface area contributed by atoms with Crippen molar-refractivity contribution < 1.29 is 4.39 Å². The normalized spacial score (nSPS) is 12.2. The van der Waals surface area contributed by atoms with Crippen LogP contribution in [0.5, 0.6) is 0 Å². The molecule has 0 saturated carbocycles. The van der Waals surface area contributed by atoms with Crippen molar-refractivity contribution in [3.05, 3.63) is 63.5 Å². The summed E-state index contributed by atoms with van der Waals surface area (Å²) in [6.45, 7) is 2.10. The lowest BCUT2D eigenvalue weighted by molar-refractivity contribution is 0.621. The van der Waals surface area contributed by atoms with E-state index < -0.39 is 0 Å². The SMILES string of the molecule is CCC(Nc1ccccc1I)c1cccc(F)c1. The van der Waals surface area contributed by atoms with Crippen LogP contribution in [0.1, 0.15) is 24.9 Å². The molecule has 0 radical (unpaired) electrons. The van der Waals surface area contributed by atoms with E-state index in [1.54, 1.807) is 12.1 Å². The largest absolute Gasteiger partial charge is 0.377 e. The molecule has 0 aromatic heterocycles. The van der Waals surface area contributed by atoms with Crippen LogP contribution in [0.3, 0.4) is 0 Å². The second-order valence-corrected chi connectivity index (χ2v) is 5.30. The standard InChI is InChI=1S/C15H15FIN/c1-2-14(11-6-5-7-12(16)10-11)18-15-9-4-3-8-13(15)17/h3-10,14,18H,2H2,1H3. The molecule has 2 aromatic carbocycles. The number of benzene rings is 2. The highest BCUT2D eigenvalue weighted by molar-refractivity contribution is 14.1. The molecule has 1 N–H and O–H groups in total. The maximum Gasteiger partial charge on any atom is 0.123 e. The summed E-state index contributed by atoms with van der Waals surface area (Å²) in [7, 11) is 0. The number of para-hydroxylation sites is 1. The summed E-state index contributed by atoms with van der Waals surface area (Å²) >= 11 is 2.30. The molecular weight excluding hydrogens is 340 g/mol. The second-order valence-electron chi connectivity index (χ2n) is 4.14. The first-order valence-electron chi connectivity index (χ1n) is 5.97. The van der Waals surface area contributed by atoms with Crippen LogP contribution in [0.25, 0.3) is 0 Å². The van der Waals surface area contributed by atoms with E-state index in [2.05, 4.69) is 40.9 Å². The second kappa shape index (κ2) is 6.18. The van der Waals surface area contributed by atoms with Gasteiger partial charge in [0.25, 0.3) is 0 Å². The first kappa shape index (κ1) is 13.3. The third kappa shape index (κ3) is 3.22. The van der Waals surface area contributed by atoms with Crippen LogP contribution in [-0.2, 0) is 0 Å². The number of hydrogen-bond acceptors (Lipinski definition) is 1. The minimum absolute atomic E-state index is 0.136. The van der Waals surface area contributed by atoms with Gasteiger partial charge < -0.3 is 5.32 Å². The smallest absolute Gasteiger partial charge is 0.123 e. The van der Waals surface area contributed by atoms with Crippen molar-refractivity contribution in [2.24, 2.45) is 0 Å². The minimum Gasteiger partial charge on any atom is -0.377 e. The molecule has 3 heteroatoms. The fraction of sp³-hybridized carbons (Fsp3) is 0.200. The zero-order valence-corrected chi connectivity index (χ0v) is 12.3. The molecule has 0 aliphatic heterocycles. The van der Waals surface area contributed by atoms with Gasteiger partial charge in [-0.3, -0.25) is 0 Å². The van der Waals surface area contributed by atoms with E-state index in [4.69, 9.17) is 0 Å². The number of nitrogens with one attached hydrogen (secondary N) is 1. The molecule has 2 aromatic rings. The van der Waals surface area contributed by atoms with E-state index in [0.29, 0.717) is 0 Å². The number of halogens is 2. The third-order valence-electron chi connectivity index (χ3n) is 2.86. The van der Waals surface area contributed by atoms with Gasteiger partial charge in [-0.1, -0.05) is 31.2 Å². The van der Waals surface area contributed by atoms with Crippen LogP contribution in [0, 0.1) is 9.39 Å². The molecule has 2 rings (SSSR count). The maximum absolute atomic E-state index is 13.3. The molecular formula is C15H15FIN. The van der Waals surface area contributed by atoms with Gasteiger partial charge in [0.05, 0.1) is 6.04 Å². The minimum atomic E-state index is -0.185. The van der Waals surface area contributed by atoms with Gasteiger partial charge in [0, 0.05) is 9.26 Å². The first-order chi connectivity index (χ1) is 8.70. The molecule has 0 spiro atoms. The third-order valence-corrected chi connectivity index (χ3v) is 3.80. The van der Waals surface area contributed by atoms with Crippen molar-refractivity contribution in [3.63, 3.8) is 0 Å². The van der Waals surface area contributed by atoms with Gasteiger partial charge in [0.1, 0.15) is 5.82 Å². The van der Waals surface area contributed by atoms with Crippen LogP contribution in [0.2, 0.25) is 0 Å². The topological polar surface area (TPSA) is 12.0 Å². The Labute approximate surface area is 121 Å². The quantitative estimate of drug-likeness (QED) is 0.762. The predicted octanol–water partition coefficient (Wildman–Crippen LogP) is 4.99. The molecule has 18 heavy (non-hydrogen) atoms. The van der Waals surface area contributed by atoms with Crippen molar-refractivity contribution in [3.8, 4) is 0 Å². The van der Waals surface area contributed by atoms with Crippen molar-refractivity contribution >= 4 is 28.3 Å². The lowest BCUT2D eigenvalue weighted by atomic mass is 10.0. The van der Waals surface area contributed by atoms with Gasteiger partial charge >= 0.3 is 0 Å². The van der Waals surface area contributed by atoms with E-state index in [0.717, 1.165) is 17.7 Å². The van der Waals surface area contributed by atoms with E-state index >= 15 is 0 Å². The lowest BCUT2D eigenvalue weighted by Crippen LogP contribution is -2.10. The van der Waals surface area contributed by atoms with Crippen molar-refractivity contribution in [1.82, 2.24) is 0 Å². The van der Waals surface area contributed by atoms with Gasteiger partial charge in [0.2, 0.25) is 0 Å². The highest BCUT2D eigenvalue weighted by Crippen LogP contribution is 2.26. The van der Waals surface area contributed by atoms with Crippen molar-refractivity contribution in [1.29, 1.82) is 0 Å². The Morgan fingerprint density at radius 2 is 1.94 bits per heavy atom. The summed E-state index contributed by atoms with van der Waals surface area (Å²) in [5.41, 5.74) is 2.08. The zero-order chi connectivity index (χ0) is 13.0. The number of anilines is 1. The van der Waals surface area contributed by atoms with Crippen molar-refractivity contribution in [2.75, 3.05) is 5.32 Å². The zero-order valence-electron chi connectivity index (χ0n) is 10.2. The van der Waals surface area contributed by atoms with E-state index in [9.17, 15) is 4.39 Å². The van der Waals surface area contributed by atoms with E-state index in [1.165, 1.54) is 9.64 Å². The molecule has 0 aliphatic rings. The van der Waals surface area contributed by atoms with Crippen LogP contribution in [0.4, 0.5) is 10.1 Å². The molecule has 0 aliphatic carbocycles. The summed E-state index contributed by atoms with van der Waals surface area (Å²) < 4.78 is 14.4. The molecule has 1 unspecified atom stereocenters. The average Bonchev–Trinajstić information content (AvgIpc) is 2.38. The van der Waals surface area contributed by atoms with E-state index in [-0.39, 0.29) is 11.9 Å². The summed E-state index contributed by atoms with van der Waals surface area (Å²) in [5.74, 6) is -0.185. The fourth-order valence-corrected chi connectivity index (χ4v) is 2.45. The average molecular weight is 355 g/mol. The summed E-state index contributed by atoms with van der Waals surface area (Å²) in [6, 6.07) is 15.0. The van der Waals surface area contributed by atoms with Crippen LogP contribution < -0.4 is 5.32 Å². The Kier molecular flexibility index (Phi) is 4.58. The Hall–Kier alpha value is -1.10. The maximum atomic E-state index is 13.3. The summed E-state index contributed by atoms with van der Waals surface area (Å²) in [5, 5.41) is 3.47. The lowest BCUT2D eigenvalue weighted by Gasteiger charge is -2.19. The molecule has 0 heterocycles. The fourth-order valence-electron chi connectivity index (χ4n) is 1.91. The Morgan fingerprint density at radius 1 is 1.17 bits per heavy atom. The first-order valence-corrected chi connectivity index (χ1v) is 7.05. The number of rotatable bonds is 4. The van der Waals surface area contributed by atoms with Crippen LogP contribution in [0.15, 0.2) is 48.5 Å². The molecule has 0 fully saturated rings. The Bertz CT molecular complexity index is 527. The summed E-state index contributed by atoms with van der Waals surface area (Å²) in [4.78, 5) is 0. The molecule has 0 saturated heterocycles. The highest BCUT2D eigenvalue weighted by Gasteiger charge is 2.10. The van der Waals surface area contributed by atoms with Gasteiger partial charge in [-0.15, -0.1) is 0 Å². The van der Waals surface area contributed by atoms with Crippen molar-refractivity contribution in [2.45, 2.75) is 19.4 Å². The van der Waals surface area contributed by atoms with Gasteiger partial charge in [-0.25, -0.2) is 4.39 Å². The monoisotopic (exact) mass is 355 g/mol. The van der Waals surface area contributed by atoms with Gasteiger partial charge in [-0.2, -0.15) is 0 Å².